The van der Waals surface area contributed by atoms with Crippen molar-refractivity contribution in [2.24, 2.45) is 5.18 Å². The Balaban J connectivity index is 3.26. The minimum absolute atomic E-state index is 0.208. The summed E-state index contributed by atoms with van der Waals surface area (Å²) >= 11 is 0. The Bertz CT molecular complexity index is 298. The molecule has 0 aliphatic heterocycles. The third kappa shape index (κ3) is 1.52. The van der Waals surface area contributed by atoms with Gasteiger partial charge in [-0.1, -0.05) is 11.5 Å². The molecule has 54 valence electrons. The summed E-state index contributed by atoms with van der Waals surface area (Å²) in [7, 11) is 1.84. The van der Waals surface area contributed by atoms with E-state index in [1.54, 1.807) is 18.2 Å². The van der Waals surface area contributed by atoms with Crippen molar-refractivity contribution in [1.82, 2.24) is 0 Å². The molecule has 0 saturated heterocycles. The molecule has 3 nitrogen and oxygen atoms in total. The normalized spacial score (nSPS) is 9.09. The molecule has 1 rings (SSSR count). The van der Waals surface area contributed by atoms with E-state index in [1.807, 2.05) is 7.85 Å². The lowest BCUT2D eigenvalue weighted by Crippen LogP contribution is -2.00. The quantitative estimate of drug-likeness (QED) is 0.339. The van der Waals surface area contributed by atoms with Crippen LogP contribution in [0.1, 0.15) is 10.4 Å². The van der Waals surface area contributed by atoms with Crippen LogP contribution < -0.4 is 5.46 Å². The summed E-state index contributed by atoms with van der Waals surface area (Å²) in [5.74, 6) is 0. The van der Waals surface area contributed by atoms with Gasteiger partial charge in [-0.3, -0.25) is 4.79 Å². The summed E-state index contributed by atoms with van der Waals surface area (Å²) in [4.78, 5) is 20.4. The van der Waals surface area contributed by atoms with Crippen molar-refractivity contribution in [3.05, 3.63) is 28.7 Å². The Kier molecular flexibility index (Phi) is 2.16. The van der Waals surface area contributed by atoms with Gasteiger partial charge in [-0.25, -0.2) is 0 Å². The number of benzene rings is 1. The molecule has 0 atom stereocenters. The highest BCUT2D eigenvalue weighted by atomic mass is 16.3. The molecular weight excluding hydrogens is 141 g/mol. The van der Waals surface area contributed by atoms with Crippen molar-refractivity contribution in [3.8, 4) is 0 Å². The SMILES string of the molecule is Bc1ccc(C=O)c(N=O)c1. The van der Waals surface area contributed by atoms with Gasteiger partial charge in [0, 0.05) is 5.56 Å². The molecule has 0 bridgehead atoms. The lowest BCUT2D eigenvalue weighted by molar-refractivity contribution is 0.112. The standard InChI is InChI=1S/C7H6BNO2/c8-6-2-1-5(4-10)7(3-6)9-11/h1-4H,8H2. The predicted molar refractivity (Wildman–Crippen MR) is 45.5 cm³/mol. The summed E-state index contributed by atoms with van der Waals surface area (Å²) in [5, 5.41) is 2.72. The zero-order valence-corrected chi connectivity index (χ0v) is 6.07. The highest BCUT2D eigenvalue weighted by Crippen LogP contribution is 2.13. The van der Waals surface area contributed by atoms with Gasteiger partial charge in [-0.15, -0.1) is 4.91 Å². The lowest BCUT2D eigenvalue weighted by Gasteiger charge is -1.95. The summed E-state index contributed by atoms with van der Waals surface area (Å²) in [5.41, 5.74) is 1.47. The largest absolute Gasteiger partial charge is 0.298 e. The van der Waals surface area contributed by atoms with E-state index in [2.05, 4.69) is 5.18 Å². The number of nitrogens with zero attached hydrogens (tertiary/aromatic N) is 1. The highest BCUT2D eigenvalue weighted by Gasteiger charge is 1.99. The van der Waals surface area contributed by atoms with Gasteiger partial charge in [0.1, 0.15) is 13.5 Å². The number of carbonyl (C=O) groups is 1. The molecule has 0 saturated carbocycles. The molecule has 0 fully saturated rings. The summed E-state index contributed by atoms with van der Waals surface area (Å²) in [6.07, 6.45) is 0.621. The maximum absolute atomic E-state index is 10.3. The third-order valence-electron chi connectivity index (χ3n) is 1.41. The Morgan fingerprint density at radius 1 is 1.45 bits per heavy atom. The Morgan fingerprint density at radius 3 is 2.73 bits per heavy atom. The molecule has 0 aliphatic rings. The minimum Gasteiger partial charge on any atom is -0.298 e. The topological polar surface area (TPSA) is 46.5 Å². The van der Waals surface area contributed by atoms with Crippen molar-refractivity contribution < 1.29 is 4.79 Å². The average Bonchev–Trinajstić information content (AvgIpc) is 2.04. The van der Waals surface area contributed by atoms with Gasteiger partial charge in [0.25, 0.3) is 0 Å². The number of rotatable bonds is 2. The molecule has 0 amide bonds. The molecular formula is C7H6BNO2. The first-order valence-electron chi connectivity index (χ1n) is 3.17. The van der Waals surface area contributed by atoms with E-state index < -0.39 is 0 Å². The van der Waals surface area contributed by atoms with Crippen LogP contribution in [0.2, 0.25) is 0 Å². The van der Waals surface area contributed by atoms with Crippen LogP contribution in [-0.4, -0.2) is 14.1 Å². The lowest BCUT2D eigenvalue weighted by atomic mass is 9.94. The first-order chi connectivity index (χ1) is 5.27. The second-order valence-electron chi connectivity index (χ2n) is 2.27. The van der Waals surface area contributed by atoms with Crippen LogP contribution in [0.15, 0.2) is 23.4 Å². The molecule has 1 aromatic rings. The van der Waals surface area contributed by atoms with Gasteiger partial charge < -0.3 is 0 Å². The maximum Gasteiger partial charge on any atom is 0.152 e. The van der Waals surface area contributed by atoms with Gasteiger partial charge in [-0.2, -0.15) is 0 Å². The van der Waals surface area contributed by atoms with Crippen LogP contribution >= 0.6 is 0 Å². The molecule has 0 aliphatic carbocycles. The summed E-state index contributed by atoms with van der Waals surface area (Å²) < 4.78 is 0. The number of aldehydes is 1. The smallest absolute Gasteiger partial charge is 0.152 e. The Morgan fingerprint density at radius 2 is 2.18 bits per heavy atom. The third-order valence-corrected chi connectivity index (χ3v) is 1.41. The number of hydrogen-bond donors (Lipinski definition) is 0. The number of nitroso groups, excluding NO2 is 1. The van der Waals surface area contributed by atoms with Crippen molar-refractivity contribution in [2.75, 3.05) is 0 Å². The van der Waals surface area contributed by atoms with E-state index in [-0.39, 0.29) is 5.69 Å². The second kappa shape index (κ2) is 3.10. The molecule has 0 unspecified atom stereocenters. The summed E-state index contributed by atoms with van der Waals surface area (Å²) in [6, 6.07) is 4.92. The van der Waals surface area contributed by atoms with E-state index in [9.17, 15) is 9.70 Å². The predicted octanol–water partition coefficient (Wildman–Crippen LogP) is 0.155. The summed E-state index contributed by atoms with van der Waals surface area (Å²) in [6.45, 7) is 0. The van der Waals surface area contributed by atoms with Gasteiger partial charge >= 0.3 is 0 Å². The molecule has 4 heteroatoms. The van der Waals surface area contributed by atoms with E-state index in [4.69, 9.17) is 0 Å². The molecule has 0 N–H and O–H groups in total. The first-order valence-corrected chi connectivity index (χ1v) is 3.17. The fourth-order valence-corrected chi connectivity index (χ4v) is 0.832. The molecule has 1 aromatic carbocycles. The molecule has 11 heavy (non-hydrogen) atoms. The van der Waals surface area contributed by atoms with E-state index >= 15 is 0 Å². The van der Waals surface area contributed by atoms with Crippen molar-refractivity contribution in [1.29, 1.82) is 0 Å². The first kappa shape index (κ1) is 7.66. The zero-order valence-electron chi connectivity index (χ0n) is 6.07. The van der Waals surface area contributed by atoms with Crippen molar-refractivity contribution >= 4 is 25.3 Å². The average molecular weight is 147 g/mol. The van der Waals surface area contributed by atoms with Crippen LogP contribution in [0.3, 0.4) is 0 Å². The van der Waals surface area contributed by atoms with Crippen LogP contribution in [0.25, 0.3) is 0 Å². The van der Waals surface area contributed by atoms with Crippen LogP contribution in [0, 0.1) is 4.91 Å². The van der Waals surface area contributed by atoms with Gasteiger partial charge in [0.05, 0.1) is 0 Å². The molecule has 0 heterocycles. The molecule has 0 radical (unpaired) electrons. The molecule has 0 aromatic heterocycles. The molecule has 0 spiro atoms. The van der Waals surface area contributed by atoms with Crippen LogP contribution in [0.4, 0.5) is 5.69 Å². The van der Waals surface area contributed by atoms with Crippen LogP contribution in [-0.2, 0) is 0 Å². The van der Waals surface area contributed by atoms with E-state index in [0.717, 1.165) is 5.46 Å². The van der Waals surface area contributed by atoms with Crippen molar-refractivity contribution in [2.45, 2.75) is 0 Å². The maximum atomic E-state index is 10.3. The van der Waals surface area contributed by atoms with Gasteiger partial charge in [0.2, 0.25) is 0 Å². The monoisotopic (exact) mass is 147 g/mol. The fourth-order valence-electron chi connectivity index (χ4n) is 0.832. The highest BCUT2D eigenvalue weighted by molar-refractivity contribution is 6.32. The zero-order chi connectivity index (χ0) is 8.27. The van der Waals surface area contributed by atoms with E-state index in [1.165, 1.54) is 0 Å². The Labute approximate surface area is 64.8 Å². The Hall–Kier alpha value is -1.45. The van der Waals surface area contributed by atoms with Gasteiger partial charge in [-0.05, 0) is 17.3 Å². The fraction of sp³-hybridized carbons (Fsp3) is 0. The second-order valence-corrected chi connectivity index (χ2v) is 2.27. The van der Waals surface area contributed by atoms with Gasteiger partial charge in [0.15, 0.2) is 6.29 Å². The van der Waals surface area contributed by atoms with Crippen molar-refractivity contribution in [3.63, 3.8) is 0 Å². The number of hydrogen-bond acceptors (Lipinski definition) is 3. The minimum atomic E-state index is 0.208. The van der Waals surface area contributed by atoms with Crippen LogP contribution in [0.5, 0.6) is 0 Å². The number of carbonyl (C=O) groups excluding carboxylic acids is 1. The van der Waals surface area contributed by atoms with E-state index in [0.29, 0.717) is 11.8 Å².